The Kier molecular flexibility index (Phi) is 7.11. The molecule has 1 aliphatic heterocycles. The van der Waals surface area contributed by atoms with Gasteiger partial charge in [0.15, 0.2) is 6.29 Å². The highest BCUT2D eigenvalue weighted by Gasteiger charge is 2.28. The molecule has 0 radical (unpaired) electrons. The molecule has 1 rings (SSSR count). The van der Waals surface area contributed by atoms with E-state index in [4.69, 9.17) is 14.2 Å². The highest BCUT2D eigenvalue weighted by Crippen LogP contribution is 2.15. The number of esters is 1. The lowest BCUT2D eigenvalue weighted by atomic mass is 10.1. The van der Waals surface area contributed by atoms with E-state index in [0.717, 1.165) is 0 Å². The second-order valence-electron chi connectivity index (χ2n) is 4.92. The molecule has 1 fully saturated rings. The van der Waals surface area contributed by atoms with Gasteiger partial charge in [-0.2, -0.15) is 0 Å². The molecular weight excluding hydrogens is 274 g/mol. The fourth-order valence-corrected chi connectivity index (χ4v) is 1.89. The van der Waals surface area contributed by atoms with E-state index in [2.05, 4.69) is 11.9 Å². The number of rotatable bonds is 6. The first-order chi connectivity index (χ1) is 9.92. The number of ether oxygens (including phenoxy) is 3. The van der Waals surface area contributed by atoms with Gasteiger partial charge in [0, 0.05) is 19.4 Å². The zero-order valence-corrected chi connectivity index (χ0v) is 12.7. The van der Waals surface area contributed by atoms with E-state index in [9.17, 15) is 9.59 Å². The van der Waals surface area contributed by atoms with Gasteiger partial charge >= 0.3 is 5.97 Å². The van der Waals surface area contributed by atoms with Crippen molar-refractivity contribution in [2.75, 3.05) is 6.61 Å². The van der Waals surface area contributed by atoms with Gasteiger partial charge in [-0.25, -0.2) is 0 Å². The third kappa shape index (κ3) is 6.55. The van der Waals surface area contributed by atoms with Crippen molar-refractivity contribution in [2.24, 2.45) is 0 Å². The summed E-state index contributed by atoms with van der Waals surface area (Å²) in [6.45, 7) is 8.91. The summed E-state index contributed by atoms with van der Waals surface area (Å²) in [7, 11) is 0. The minimum atomic E-state index is -0.443. The van der Waals surface area contributed by atoms with Gasteiger partial charge in [-0.3, -0.25) is 9.59 Å². The number of amides is 1. The first-order valence-corrected chi connectivity index (χ1v) is 6.96. The molecule has 1 saturated heterocycles. The van der Waals surface area contributed by atoms with Gasteiger partial charge in [-0.05, 0) is 19.9 Å². The maximum atomic E-state index is 11.8. The summed E-state index contributed by atoms with van der Waals surface area (Å²) in [6, 6.07) is -0.216. The van der Waals surface area contributed by atoms with Crippen molar-refractivity contribution in [2.45, 2.75) is 51.7 Å². The Balaban J connectivity index is 2.39. The second-order valence-corrected chi connectivity index (χ2v) is 4.92. The fourth-order valence-electron chi connectivity index (χ4n) is 1.89. The first-order valence-electron chi connectivity index (χ1n) is 6.96. The largest absolute Gasteiger partial charge is 0.459 e. The summed E-state index contributed by atoms with van der Waals surface area (Å²) < 4.78 is 16.0. The maximum Gasteiger partial charge on any atom is 0.303 e. The van der Waals surface area contributed by atoms with Gasteiger partial charge in [0.2, 0.25) is 5.91 Å². The Morgan fingerprint density at radius 3 is 2.81 bits per heavy atom. The van der Waals surface area contributed by atoms with E-state index in [1.807, 2.05) is 6.92 Å². The second kappa shape index (κ2) is 8.59. The zero-order valence-electron chi connectivity index (χ0n) is 12.7. The number of carbonyl (C=O) groups is 2. The van der Waals surface area contributed by atoms with Crippen molar-refractivity contribution in [3.8, 4) is 0 Å². The van der Waals surface area contributed by atoms with Crippen LogP contribution in [-0.2, 0) is 23.8 Å². The van der Waals surface area contributed by atoms with Crippen LogP contribution >= 0.6 is 0 Å². The molecule has 1 N–H and O–H groups in total. The fraction of sp³-hybridized carbons (Fsp3) is 0.600. The molecule has 1 heterocycles. The van der Waals surface area contributed by atoms with E-state index in [1.54, 1.807) is 13.0 Å². The summed E-state index contributed by atoms with van der Waals surface area (Å²) in [5.74, 6) is -0.663. The van der Waals surface area contributed by atoms with Crippen LogP contribution in [0.4, 0.5) is 0 Å². The van der Waals surface area contributed by atoms with Gasteiger partial charge in [0.1, 0.15) is 6.10 Å². The average Bonchev–Trinajstić information content (AvgIpc) is 2.39. The molecule has 0 saturated carbocycles. The van der Waals surface area contributed by atoms with Crippen LogP contribution in [0.2, 0.25) is 0 Å². The lowest BCUT2D eigenvalue weighted by Gasteiger charge is -2.34. The molecule has 0 spiro atoms. The maximum absolute atomic E-state index is 11.8. The van der Waals surface area contributed by atoms with Crippen LogP contribution in [0.5, 0.6) is 0 Å². The predicted molar refractivity (Wildman–Crippen MR) is 77.4 cm³/mol. The van der Waals surface area contributed by atoms with E-state index < -0.39 is 6.10 Å². The summed E-state index contributed by atoms with van der Waals surface area (Å²) >= 11 is 0. The molecule has 6 nitrogen and oxygen atoms in total. The van der Waals surface area contributed by atoms with Crippen LogP contribution in [0, 0.1) is 0 Å². The SMILES string of the molecule is C=CC[C@H]1OCC(NC(=O)/C=C\[C@H](C)OC(C)=O)[C@@H](C)O1. The molecule has 118 valence electrons. The molecule has 1 amide bonds. The molecule has 0 bridgehead atoms. The number of nitrogens with one attached hydrogen (secondary N) is 1. The van der Waals surface area contributed by atoms with E-state index in [-0.39, 0.29) is 30.3 Å². The molecule has 1 aliphatic rings. The highest BCUT2D eigenvalue weighted by molar-refractivity contribution is 5.87. The molecule has 21 heavy (non-hydrogen) atoms. The van der Waals surface area contributed by atoms with Crippen LogP contribution < -0.4 is 5.32 Å². The topological polar surface area (TPSA) is 73.9 Å². The van der Waals surface area contributed by atoms with E-state index >= 15 is 0 Å². The number of hydrogen-bond donors (Lipinski definition) is 1. The summed E-state index contributed by atoms with van der Waals surface area (Å²) in [5.41, 5.74) is 0. The summed E-state index contributed by atoms with van der Waals surface area (Å²) in [4.78, 5) is 22.5. The summed E-state index contributed by atoms with van der Waals surface area (Å²) in [5, 5.41) is 2.80. The van der Waals surface area contributed by atoms with Crippen molar-refractivity contribution in [1.29, 1.82) is 0 Å². The van der Waals surface area contributed by atoms with E-state index in [0.29, 0.717) is 13.0 Å². The van der Waals surface area contributed by atoms with Crippen molar-refractivity contribution < 1.29 is 23.8 Å². The summed E-state index contributed by atoms with van der Waals surface area (Å²) in [6.07, 6.45) is 4.32. The third-order valence-electron chi connectivity index (χ3n) is 2.95. The number of carbonyl (C=O) groups excluding carboxylic acids is 2. The normalized spacial score (nSPS) is 27.1. The minimum absolute atomic E-state index is 0.146. The van der Waals surface area contributed by atoms with Crippen LogP contribution in [0.15, 0.2) is 24.8 Å². The molecular formula is C15H23NO5. The van der Waals surface area contributed by atoms with Crippen molar-refractivity contribution >= 4 is 11.9 Å². The lowest BCUT2D eigenvalue weighted by Crippen LogP contribution is -2.51. The van der Waals surface area contributed by atoms with Gasteiger partial charge in [0.05, 0.1) is 18.8 Å². The standard InChI is InChI=1S/C15H23NO5/c1-5-6-15-19-9-13(11(3)21-15)16-14(18)8-7-10(2)20-12(4)17/h5,7-8,10-11,13,15H,1,6,9H2,2-4H3,(H,16,18)/b8-7-/t10-,11+,13?,15-/m0/s1. The highest BCUT2D eigenvalue weighted by atomic mass is 16.7. The molecule has 1 unspecified atom stereocenters. The monoisotopic (exact) mass is 297 g/mol. The smallest absolute Gasteiger partial charge is 0.303 e. The van der Waals surface area contributed by atoms with Gasteiger partial charge in [-0.15, -0.1) is 6.58 Å². The molecule has 0 aromatic rings. The van der Waals surface area contributed by atoms with Crippen LogP contribution in [0.25, 0.3) is 0 Å². The Morgan fingerprint density at radius 2 is 2.24 bits per heavy atom. The lowest BCUT2D eigenvalue weighted by molar-refractivity contribution is -0.217. The molecule has 0 aliphatic carbocycles. The molecule has 6 heteroatoms. The Hall–Kier alpha value is -1.66. The molecule has 4 atom stereocenters. The molecule has 0 aromatic carbocycles. The average molecular weight is 297 g/mol. The van der Waals surface area contributed by atoms with E-state index in [1.165, 1.54) is 19.1 Å². The Labute approximate surface area is 125 Å². The Bertz CT molecular complexity index is 407. The number of hydrogen-bond acceptors (Lipinski definition) is 5. The molecule has 0 aromatic heterocycles. The Morgan fingerprint density at radius 1 is 1.52 bits per heavy atom. The van der Waals surface area contributed by atoms with Crippen molar-refractivity contribution in [1.82, 2.24) is 5.32 Å². The zero-order chi connectivity index (χ0) is 15.8. The van der Waals surface area contributed by atoms with Gasteiger partial charge in [0.25, 0.3) is 0 Å². The van der Waals surface area contributed by atoms with Crippen molar-refractivity contribution in [3.63, 3.8) is 0 Å². The minimum Gasteiger partial charge on any atom is -0.459 e. The van der Waals surface area contributed by atoms with Crippen LogP contribution in [0.1, 0.15) is 27.2 Å². The third-order valence-corrected chi connectivity index (χ3v) is 2.95. The van der Waals surface area contributed by atoms with Crippen LogP contribution in [0.3, 0.4) is 0 Å². The van der Waals surface area contributed by atoms with Crippen LogP contribution in [-0.4, -0.2) is 43.0 Å². The van der Waals surface area contributed by atoms with Gasteiger partial charge < -0.3 is 19.5 Å². The predicted octanol–water partition coefficient (Wildman–Crippen LogP) is 1.32. The van der Waals surface area contributed by atoms with Crippen molar-refractivity contribution in [3.05, 3.63) is 24.8 Å². The van der Waals surface area contributed by atoms with Gasteiger partial charge in [-0.1, -0.05) is 6.08 Å². The quantitative estimate of drug-likeness (QED) is 0.455. The first kappa shape index (κ1) is 17.4.